The fourth-order valence-electron chi connectivity index (χ4n) is 0.929. The van der Waals surface area contributed by atoms with Crippen molar-refractivity contribution >= 4 is 55.8 Å². The van der Waals surface area contributed by atoms with Crippen LogP contribution in [-0.4, -0.2) is 12.4 Å². The molecule has 1 aromatic rings. The Morgan fingerprint density at radius 2 is 2.21 bits per heavy atom. The number of halogens is 3. The van der Waals surface area contributed by atoms with E-state index in [2.05, 4.69) is 62.0 Å². The van der Waals surface area contributed by atoms with Gasteiger partial charge in [0.05, 0.1) is 0 Å². The Kier molecular flexibility index (Phi) is 5.89. The zero-order valence-electron chi connectivity index (χ0n) is 7.43. The Morgan fingerprint density at radius 3 is 2.86 bits per heavy atom. The summed E-state index contributed by atoms with van der Waals surface area (Å²) in [6.45, 7) is 0.805. The molecule has 14 heavy (non-hydrogen) atoms. The van der Waals surface area contributed by atoms with Gasteiger partial charge in [-0.3, -0.25) is 0 Å². The molecular weight excluding hydrogens is 376 g/mol. The molecule has 0 fully saturated rings. The van der Waals surface area contributed by atoms with Crippen LogP contribution >= 0.6 is 50.1 Å². The summed E-state index contributed by atoms with van der Waals surface area (Å²) in [6, 6.07) is 6.19. The first-order chi connectivity index (χ1) is 6.74. The second kappa shape index (κ2) is 6.69. The van der Waals surface area contributed by atoms with Crippen LogP contribution in [0.4, 0.5) is 5.69 Å². The number of hydrogen-bond acceptors (Lipinski definition) is 1. The normalized spacial score (nSPS) is 10.8. The topological polar surface area (TPSA) is 12.0 Å². The van der Waals surface area contributed by atoms with E-state index in [0.717, 1.165) is 16.7 Å². The van der Waals surface area contributed by atoms with Crippen molar-refractivity contribution in [3.05, 3.63) is 38.4 Å². The molecular formula is C10H10BrClIN. The number of benzene rings is 1. The monoisotopic (exact) mass is 385 g/mol. The maximum Gasteiger partial charge on any atom is 0.0404 e. The van der Waals surface area contributed by atoms with Crippen LogP contribution in [0.2, 0.25) is 0 Å². The van der Waals surface area contributed by atoms with Crippen LogP contribution in [0.1, 0.15) is 0 Å². The third-order valence-electron chi connectivity index (χ3n) is 1.60. The largest absolute Gasteiger partial charge is 0.382 e. The number of nitrogens with one attached hydrogen (secondary N) is 1. The van der Waals surface area contributed by atoms with E-state index in [4.69, 9.17) is 11.6 Å². The van der Waals surface area contributed by atoms with Crippen LogP contribution in [0, 0.1) is 3.57 Å². The first-order valence-electron chi connectivity index (χ1n) is 4.14. The fourth-order valence-corrected chi connectivity index (χ4v) is 1.77. The molecule has 0 saturated heterocycles. The van der Waals surface area contributed by atoms with Gasteiger partial charge < -0.3 is 5.32 Å². The summed E-state index contributed by atoms with van der Waals surface area (Å²) in [7, 11) is 0. The minimum Gasteiger partial charge on any atom is -0.382 e. The van der Waals surface area contributed by atoms with E-state index in [1.54, 1.807) is 0 Å². The van der Waals surface area contributed by atoms with Crippen LogP contribution < -0.4 is 5.32 Å². The van der Waals surface area contributed by atoms with Crippen LogP contribution in [-0.2, 0) is 0 Å². The molecule has 0 bridgehead atoms. The predicted molar refractivity (Wildman–Crippen MR) is 75.2 cm³/mol. The molecule has 4 heteroatoms. The van der Waals surface area contributed by atoms with Gasteiger partial charge in [0.1, 0.15) is 0 Å². The smallest absolute Gasteiger partial charge is 0.0404 e. The summed E-state index contributed by atoms with van der Waals surface area (Å²) in [6.07, 6.45) is 3.94. The maximum absolute atomic E-state index is 5.51. The van der Waals surface area contributed by atoms with Gasteiger partial charge in [-0.2, -0.15) is 0 Å². The fraction of sp³-hybridized carbons (Fsp3) is 0.200. The molecule has 0 heterocycles. The summed E-state index contributed by atoms with van der Waals surface area (Å²) in [5.41, 5.74) is 1.11. The van der Waals surface area contributed by atoms with E-state index >= 15 is 0 Å². The van der Waals surface area contributed by atoms with E-state index < -0.39 is 0 Å². The van der Waals surface area contributed by atoms with E-state index in [1.165, 1.54) is 3.57 Å². The Labute approximate surface area is 111 Å². The predicted octanol–water partition coefficient (Wildman–Crippen LogP) is 4.26. The number of anilines is 1. The molecule has 0 saturated carbocycles. The molecule has 0 radical (unpaired) electrons. The molecule has 0 aliphatic rings. The minimum absolute atomic E-state index is 0.568. The SMILES string of the molecule is ClC/C=C/CNc1ccc(I)c(Br)c1. The summed E-state index contributed by atoms with van der Waals surface area (Å²) in [5.74, 6) is 0.568. The molecule has 76 valence electrons. The van der Waals surface area contributed by atoms with Gasteiger partial charge in [0.2, 0.25) is 0 Å². The van der Waals surface area contributed by atoms with Gasteiger partial charge in [-0.15, -0.1) is 11.6 Å². The van der Waals surface area contributed by atoms with Crippen molar-refractivity contribution in [3.8, 4) is 0 Å². The Morgan fingerprint density at radius 1 is 1.43 bits per heavy atom. The lowest BCUT2D eigenvalue weighted by Gasteiger charge is -2.04. The highest BCUT2D eigenvalue weighted by molar-refractivity contribution is 14.1. The van der Waals surface area contributed by atoms with Crippen molar-refractivity contribution in [3.63, 3.8) is 0 Å². The lowest BCUT2D eigenvalue weighted by Crippen LogP contribution is -1.98. The standard InChI is InChI=1S/C10H10BrClIN/c11-9-7-8(3-4-10(9)13)14-6-2-1-5-12/h1-4,7,14H,5-6H2/b2-1+. The van der Waals surface area contributed by atoms with Crippen molar-refractivity contribution in [2.75, 3.05) is 17.7 Å². The molecule has 0 aliphatic heterocycles. The van der Waals surface area contributed by atoms with E-state index in [-0.39, 0.29) is 0 Å². The summed E-state index contributed by atoms with van der Waals surface area (Å²) in [4.78, 5) is 0. The zero-order valence-corrected chi connectivity index (χ0v) is 11.9. The molecule has 0 unspecified atom stereocenters. The number of rotatable bonds is 4. The van der Waals surface area contributed by atoms with Gasteiger partial charge in [-0.1, -0.05) is 12.2 Å². The Bertz CT molecular complexity index is 328. The van der Waals surface area contributed by atoms with Crippen LogP contribution in [0.3, 0.4) is 0 Å². The maximum atomic E-state index is 5.51. The lowest BCUT2D eigenvalue weighted by molar-refractivity contribution is 1.32. The highest BCUT2D eigenvalue weighted by Gasteiger charge is 1.96. The third-order valence-corrected chi connectivity index (χ3v) is 4.12. The molecule has 0 aliphatic carbocycles. The molecule has 0 spiro atoms. The number of alkyl halides is 1. The van der Waals surface area contributed by atoms with Crippen LogP contribution in [0.5, 0.6) is 0 Å². The minimum atomic E-state index is 0.568. The van der Waals surface area contributed by atoms with Crippen LogP contribution in [0.15, 0.2) is 34.8 Å². The highest BCUT2D eigenvalue weighted by atomic mass is 127. The van der Waals surface area contributed by atoms with Gasteiger partial charge in [-0.25, -0.2) is 0 Å². The third kappa shape index (κ3) is 4.19. The lowest BCUT2D eigenvalue weighted by atomic mass is 10.3. The molecule has 1 nitrogen and oxygen atoms in total. The first kappa shape index (κ1) is 12.3. The Balaban J connectivity index is 2.51. The van der Waals surface area contributed by atoms with Gasteiger partial charge in [0.25, 0.3) is 0 Å². The summed E-state index contributed by atoms with van der Waals surface area (Å²) in [5, 5.41) is 3.27. The average Bonchev–Trinajstić information content (AvgIpc) is 2.18. The highest BCUT2D eigenvalue weighted by Crippen LogP contribution is 2.22. The quantitative estimate of drug-likeness (QED) is 0.463. The van der Waals surface area contributed by atoms with E-state index in [0.29, 0.717) is 5.88 Å². The molecule has 1 N–H and O–H groups in total. The van der Waals surface area contributed by atoms with E-state index in [9.17, 15) is 0 Å². The van der Waals surface area contributed by atoms with E-state index in [1.807, 2.05) is 12.2 Å². The van der Waals surface area contributed by atoms with Crippen molar-refractivity contribution in [1.29, 1.82) is 0 Å². The number of allylic oxidation sites excluding steroid dienone is 1. The van der Waals surface area contributed by atoms with Gasteiger partial charge in [-0.05, 0) is 56.7 Å². The second-order valence-electron chi connectivity index (χ2n) is 2.64. The first-order valence-corrected chi connectivity index (χ1v) is 6.54. The zero-order chi connectivity index (χ0) is 10.4. The average molecular weight is 386 g/mol. The van der Waals surface area contributed by atoms with Crippen molar-refractivity contribution < 1.29 is 0 Å². The molecule has 1 aromatic carbocycles. The van der Waals surface area contributed by atoms with Crippen molar-refractivity contribution in [2.24, 2.45) is 0 Å². The number of hydrogen-bond donors (Lipinski definition) is 1. The van der Waals surface area contributed by atoms with Crippen molar-refractivity contribution in [2.45, 2.75) is 0 Å². The summed E-state index contributed by atoms with van der Waals surface area (Å²) < 4.78 is 2.33. The Hall–Kier alpha value is 0.260. The molecule has 1 rings (SSSR count). The van der Waals surface area contributed by atoms with Crippen LogP contribution in [0.25, 0.3) is 0 Å². The second-order valence-corrected chi connectivity index (χ2v) is 4.96. The molecule has 0 aromatic heterocycles. The van der Waals surface area contributed by atoms with Crippen molar-refractivity contribution in [1.82, 2.24) is 0 Å². The summed E-state index contributed by atoms with van der Waals surface area (Å²) >= 11 is 11.3. The molecule has 0 atom stereocenters. The molecule has 0 amide bonds. The van der Waals surface area contributed by atoms with Gasteiger partial charge in [0.15, 0.2) is 0 Å². The van der Waals surface area contributed by atoms with Gasteiger partial charge >= 0.3 is 0 Å². The van der Waals surface area contributed by atoms with Gasteiger partial charge in [0, 0.05) is 26.2 Å².